The Balaban J connectivity index is 2.19. The maximum Gasteiger partial charge on any atom is 0.257 e. The van der Waals surface area contributed by atoms with Gasteiger partial charge in [0.2, 0.25) is 0 Å². The zero-order valence-electron chi connectivity index (χ0n) is 9.27. The number of hydrogen-bond donors (Lipinski definition) is 1. The van der Waals surface area contributed by atoms with Crippen LogP contribution in [0.1, 0.15) is 10.4 Å². The largest absolute Gasteiger partial charge is 0.372 e. The standard InChI is InChI=1S/C11H15N3OS/c1-12-10-9(3-2-4-13-10)11(15)14-5-7-16-8-6-14/h2-4H,5-8H2,1H3,(H,12,13). The lowest BCUT2D eigenvalue weighted by Crippen LogP contribution is -2.38. The Bertz CT molecular complexity index is 377. The van der Waals surface area contributed by atoms with Crippen LogP contribution in [-0.2, 0) is 0 Å². The molecule has 1 aromatic rings. The number of thioether (sulfide) groups is 1. The molecule has 86 valence electrons. The number of nitrogens with one attached hydrogen (secondary N) is 1. The molecule has 1 fully saturated rings. The van der Waals surface area contributed by atoms with Gasteiger partial charge in [-0.1, -0.05) is 0 Å². The maximum atomic E-state index is 12.2. The molecule has 0 aliphatic carbocycles. The van der Waals surface area contributed by atoms with E-state index in [0.29, 0.717) is 11.4 Å². The van der Waals surface area contributed by atoms with Gasteiger partial charge in [0.15, 0.2) is 0 Å². The highest BCUT2D eigenvalue weighted by molar-refractivity contribution is 7.99. The summed E-state index contributed by atoms with van der Waals surface area (Å²) in [6, 6.07) is 3.62. The van der Waals surface area contributed by atoms with E-state index in [1.807, 2.05) is 22.7 Å². The Morgan fingerprint density at radius 1 is 1.50 bits per heavy atom. The lowest BCUT2D eigenvalue weighted by molar-refractivity contribution is 0.0773. The Morgan fingerprint density at radius 3 is 2.94 bits per heavy atom. The third-order valence-electron chi connectivity index (χ3n) is 2.57. The fourth-order valence-electron chi connectivity index (χ4n) is 1.71. The zero-order valence-corrected chi connectivity index (χ0v) is 10.1. The smallest absolute Gasteiger partial charge is 0.257 e. The van der Waals surface area contributed by atoms with Crippen LogP contribution in [0, 0.1) is 0 Å². The minimum atomic E-state index is 0.0813. The van der Waals surface area contributed by atoms with Gasteiger partial charge >= 0.3 is 0 Å². The predicted octanol–water partition coefficient (Wildman–Crippen LogP) is 1.31. The molecule has 1 aliphatic heterocycles. The molecule has 1 aromatic heterocycles. The topological polar surface area (TPSA) is 45.2 Å². The van der Waals surface area contributed by atoms with Gasteiger partial charge < -0.3 is 10.2 Å². The van der Waals surface area contributed by atoms with Gasteiger partial charge in [0, 0.05) is 37.8 Å². The second-order valence-corrected chi connectivity index (χ2v) is 4.78. The van der Waals surface area contributed by atoms with Gasteiger partial charge in [-0.3, -0.25) is 4.79 Å². The fourth-order valence-corrected chi connectivity index (χ4v) is 2.62. The normalized spacial score (nSPS) is 15.9. The first-order chi connectivity index (χ1) is 7.83. The summed E-state index contributed by atoms with van der Waals surface area (Å²) in [5.41, 5.74) is 0.664. The van der Waals surface area contributed by atoms with E-state index >= 15 is 0 Å². The molecular formula is C11H15N3OS. The Kier molecular flexibility index (Phi) is 3.66. The summed E-state index contributed by atoms with van der Waals surface area (Å²) < 4.78 is 0. The number of pyridine rings is 1. The highest BCUT2D eigenvalue weighted by Gasteiger charge is 2.20. The molecular weight excluding hydrogens is 222 g/mol. The van der Waals surface area contributed by atoms with E-state index in [2.05, 4.69) is 10.3 Å². The SMILES string of the molecule is CNc1ncccc1C(=O)N1CCSCC1. The Morgan fingerprint density at radius 2 is 2.25 bits per heavy atom. The van der Waals surface area contributed by atoms with Gasteiger partial charge in [0.05, 0.1) is 5.56 Å². The average molecular weight is 237 g/mol. The molecule has 1 N–H and O–H groups in total. The van der Waals surface area contributed by atoms with Crippen LogP contribution in [-0.4, -0.2) is 47.4 Å². The predicted molar refractivity (Wildman–Crippen MR) is 67.0 cm³/mol. The van der Waals surface area contributed by atoms with E-state index < -0.39 is 0 Å². The Labute approximate surface area is 99.4 Å². The van der Waals surface area contributed by atoms with E-state index in [-0.39, 0.29) is 5.91 Å². The maximum absolute atomic E-state index is 12.2. The summed E-state index contributed by atoms with van der Waals surface area (Å²) in [5.74, 6) is 2.80. The molecule has 2 heterocycles. The van der Waals surface area contributed by atoms with Crippen LogP contribution in [0.15, 0.2) is 18.3 Å². The first-order valence-corrected chi connectivity index (χ1v) is 6.48. The van der Waals surface area contributed by atoms with Crippen LogP contribution in [0.2, 0.25) is 0 Å². The highest BCUT2D eigenvalue weighted by atomic mass is 32.2. The number of rotatable bonds is 2. The molecule has 4 nitrogen and oxygen atoms in total. The van der Waals surface area contributed by atoms with Crippen LogP contribution in [0.25, 0.3) is 0 Å². The van der Waals surface area contributed by atoms with E-state index in [1.54, 1.807) is 19.3 Å². The van der Waals surface area contributed by atoms with E-state index in [1.165, 1.54) is 0 Å². The van der Waals surface area contributed by atoms with Gasteiger partial charge in [-0.05, 0) is 12.1 Å². The van der Waals surface area contributed by atoms with Crippen molar-refractivity contribution in [2.24, 2.45) is 0 Å². The molecule has 16 heavy (non-hydrogen) atoms. The second-order valence-electron chi connectivity index (χ2n) is 3.55. The average Bonchev–Trinajstić information content (AvgIpc) is 2.39. The third kappa shape index (κ3) is 2.29. The minimum absolute atomic E-state index is 0.0813. The highest BCUT2D eigenvalue weighted by Crippen LogP contribution is 2.17. The number of amides is 1. The molecule has 0 atom stereocenters. The summed E-state index contributed by atoms with van der Waals surface area (Å²) in [6.45, 7) is 1.67. The van der Waals surface area contributed by atoms with Crippen molar-refractivity contribution in [1.29, 1.82) is 0 Å². The summed E-state index contributed by atoms with van der Waals surface area (Å²) in [5, 5.41) is 2.95. The van der Waals surface area contributed by atoms with Crippen molar-refractivity contribution in [3.05, 3.63) is 23.9 Å². The van der Waals surface area contributed by atoms with E-state index in [9.17, 15) is 4.79 Å². The van der Waals surface area contributed by atoms with Crippen molar-refractivity contribution in [3.63, 3.8) is 0 Å². The number of nitrogens with zero attached hydrogens (tertiary/aromatic N) is 2. The van der Waals surface area contributed by atoms with Gasteiger partial charge in [0.1, 0.15) is 5.82 Å². The molecule has 1 aliphatic rings. The van der Waals surface area contributed by atoms with Crippen LogP contribution in [0.5, 0.6) is 0 Å². The number of hydrogen-bond acceptors (Lipinski definition) is 4. The number of carbonyl (C=O) groups excluding carboxylic acids is 1. The van der Waals surface area contributed by atoms with Crippen molar-refractivity contribution in [2.75, 3.05) is 37.0 Å². The molecule has 0 unspecified atom stereocenters. The van der Waals surface area contributed by atoms with Crippen molar-refractivity contribution < 1.29 is 4.79 Å². The van der Waals surface area contributed by atoms with E-state index in [0.717, 1.165) is 24.6 Å². The number of anilines is 1. The third-order valence-corrected chi connectivity index (χ3v) is 3.52. The Hall–Kier alpha value is -1.23. The van der Waals surface area contributed by atoms with Crippen LogP contribution in [0.3, 0.4) is 0 Å². The molecule has 0 aromatic carbocycles. The summed E-state index contributed by atoms with van der Waals surface area (Å²) in [4.78, 5) is 18.3. The molecule has 0 spiro atoms. The first kappa shape index (κ1) is 11.3. The molecule has 2 rings (SSSR count). The zero-order chi connectivity index (χ0) is 11.4. The van der Waals surface area contributed by atoms with Crippen molar-refractivity contribution in [1.82, 2.24) is 9.88 Å². The molecule has 0 radical (unpaired) electrons. The molecule has 1 saturated heterocycles. The lowest BCUT2D eigenvalue weighted by Gasteiger charge is -2.26. The summed E-state index contributed by atoms with van der Waals surface area (Å²) in [7, 11) is 1.78. The van der Waals surface area contributed by atoms with Crippen LogP contribution in [0.4, 0.5) is 5.82 Å². The molecule has 1 amide bonds. The first-order valence-electron chi connectivity index (χ1n) is 5.32. The quantitative estimate of drug-likeness (QED) is 0.842. The monoisotopic (exact) mass is 237 g/mol. The summed E-state index contributed by atoms with van der Waals surface area (Å²) >= 11 is 1.90. The van der Waals surface area contributed by atoms with Crippen LogP contribution >= 0.6 is 11.8 Å². The number of aromatic nitrogens is 1. The minimum Gasteiger partial charge on any atom is -0.372 e. The van der Waals surface area contributed by atoms with Gasteiger partial charge in [0.25, 0.3) is 5.91 Å². The molecule has 0 bridgehead atoms. The van der Waals surface area contributed by atoms with Gasteiger partial charge in [-0.15, -0.1) is 0 Å². The lowest BCUT2D eigenvalue weighted by atomic mass is 10.2. The van der Waals surface area contributed by atoms with E-state index in [4.69, 9.17) is 0 Å². The van der Waals surface area contributed by atoms with Crippen molar-refractivity contribution >= 4 is 23.5 Å². The van der Waals surface area contributed by atoms with Gasteiger partial charge in [-0.2, -0.15) is 11.8 Å². The molecule has 5 heteroatoms. The fraction of sp³-hybridized carbons (Fsp3) is 0.455. The van der Waals surface area contributed by atoms with Crippen LogP contribution < -0.4 is 5.32 Å². The molecule has 0 saturated carbocycles. The summed E-state index contributed by atoms with van der Waals surface area (Å²) in [6.07, 6.45) is 1.69. The number of carbonyl (C=O) groups is 1. The van der Waals surface area contributed by atoms with Gasteiger partial charge in [-0.25, -0.2) is 4.98 Å². The second kappa shape index (κ2) is 5.21. The van der Waals surface area contributed by atoms with Crippen molar-refractivity contribution in [3.8, 4) is 0 Å². The van der Waals surface area contributed by atoms with Crippen molar-refractivity contribution in [2.45, 2.75) is 0 Å².